The molecule has 0 saturated carbocycles. The number of hydrogen-bond donors (Lipinski definition) is 1. The Labute approximate surface area is 87.4 Å². The highest BCUT2D eigenvalue weighted by Gasteiger charge is 2.21. The molecule has 1 aromatic rings. The number of rotatable bonds is 2. The summed E-state index contributed by atoms with van der Waals surface area (Å²) in [4.78, 5) is 10.4. The van der Waals surface area contributed by atoms with Gasteiger partial charge in [0.15, 0.2) is 0 Å². The Morgan fingerprint density at radius 3 is 3.07 bits per heavy atom. The molecule has 2 heterocycles. The van der Waals surface area contributed by atoms with E-state index in [0.717, 1.165) is 23.8 Å². The average molecular weight is 211 g/mol. The third-order valence-electron chi connectivity index (χ3n) is 2.32. The summed E-state index contributed by atoms with van der Waals surface area (Å²) in [7, 11) is 0. The second kappa shape index (κ2) is 4.14. The van der Waals surface area contributed by atoms with E-state index in [4.69, 9.17) is 0 Å². The maximum absolute atomic E-state index is 9.40. The lowest BCUT2D eigenvalue weighted by atomic mass is 10.3. The first-order chi connectivity index (χ1) is 6.79. The molecule has 2 rings (SSSR count). The number of nitrogens with zero attached hydrogens (tertiary/aromatic N) is 3. The van der Waals surface area contributed by atoms with Crippen LogP contribution in [0.1, 0.15) is 6.42 Å². The first-order valence-corrected chi connectivity index (χ1v) is 5.81. The molecule has 0 aromatic carbocycles. The minimum absolute atomic E-state index is 0.206. The molecule has 1 aliphatic heterocycles. The number of aliphatic hydroxyl groups excluding tert-OH is 1. The van der Waals surface area contributed by atoms with Crippen molar-refractivity contribution in [3.8, 4) is 0 Å². The molecule has 1 unspecified atom stereocenters. The van der Waals surface area contributed by atoms with Gasteiger partial charge in [-0.1, -0.05) is 0 Å². The van der Waals surface area contributed by atoms with Gasteiger partial charge in [0.2, 0.25) is 0 Å². The number of β-amino-alcohol motifs (C(OH)–C–C–N with tert-alkyl or cyclic N) is 1. The van der Waals surface area contributed by atoms with Crippen molar-refractivity contribution in [2.24, 2.45) is 0 Å². The van der Waals surface area contributed by atoms with Gasteiger partial charge in [-0.05, 0) is 12.7 Å². The minimum Gasteiger partial charge on any atom is -0.391 e. The Kier molecular flexibility index (Phi) is 2.88. The van der Waals surface area contributed by atoms with Crippen molar-refractivity contribution in [3.63, 3.8) is 0 Å². The predicted octanol–water partition coefficient (Wildman–Crippen LogP) is 0.770. The van der Waals surface area contributed by atoms with Crippen LogP contribution in [0.5, 0.6) is 0 Å². The van der Waals surface area contributed by atoms with Crippen LogP contribution in [-0.4, -0.2) is 40.5 Å². The zero-order valence-corrected chi connectivity index (χ0v) is 8.87. The number of hydrogen-bond acceptors (Lipinski definition) is 5. The van der Waals surface area contributed by atoms with Gasteiger partial charge < -0.3 is 10.0 Å². The highest BCUT2D eigenvalue weighted by Crippen LogP contribution is 2.20. The molecule has 76 valence electrons. The summed E-state index contributed by atoms with van der Waals surface area (Å²) in [6, 6.07) is 1.96. The Morgan fingerprint density at radius 2 is 2.43 bits per heavy atom. The molecular formula is C9H13N3OS. The largest absolute Gasteiger partial charge is 0.391 e. The lowest BCUT2D eigenvalue weighted by Gasteiger charge is -2.16. The van der Waals surface area contributed by atoms with Crippen LogP contribution in [0, 0.1) is 0 Å². The summed E-state index contributed by atoms with van der Waals surface area (Å²) < 4.78 is 0. The van der Waals surface area contributed by atoms with Crippen LogP contribution < -0.4 is 4.90 Å². The van der Waals surface area contributed by atoms with Gasteiger partial charge in [0, 0.05) is 19.2 Å². The highest BCUT2D eigenvalue weighted by atomic mass is 32.2. The summed E-state index contributed by atoms with van der Waals surface area (Å²) in [5, 5.41) is 10.4. The van der Waals surface area contributed by atoms with E-state index in [0.29, 0.717) is 6.54 Å². The standard InChI is InChI=1S/C9H13N3OS/c1-14-9-4-8(10-6-11-9)12-3-2-7(13)5-12/h4,6-7,13H,2-3,5H2,1H3. The molecule has 1 atom stereocenters. The maximum atomic E-state index is 9.40. The van der Waals surface area contributed by atoms with E-state index in [-0.39, 0.29) is 6.10 Å². The predicted molar refractivity (Wildman–Crippen MR) is 56.6 cm³/mol. The fourth-order valence-corrected chi connectivity index (χ4v) is 1.94. The molecule has 1 aromatic heterocycles. The summed E-state index contributed by atoms with van der Waals surface area (Å²) in [6.07, 6.45) is 4.19. The van der Waals surface area contributed by atoms with Crippen molar-refractivity contribution in [1.29, 1.82) is 0 Å². The zero-order chi connectivity index (χ0) is 9.97. The number of aliphatic hydroxyl groups is 1. The fourth-order valence-electron chi connectivity index (χ4n) is 1.56. The van der Waals surface area contributed by atoms with Crippen LogP contribution >= 0.6 is 11.8 Å². The van der Waals surface area contributed by atoms with E-state index in [1.807, 2.05) is 12.3 Å². The number of thioether (sulfide) groups is 1. The van der Waals surface area contributed by atoms with Crippen LogP contribution in [0.25, 0.3) is 0 Å². The molecule has 1 fully saturated rings. The molecular weight excluding hydrogens is 198 g/mol. The molecule has 1 N–H and O–H groups in total. The van der Waals surface area contributed by atoms with Crippen LogP contribution in [-0.2, 0) is 0 Å². The van der Waals surface area contributed by atoms with Crippen molar-refractivity contribution in [3.05, 3.63) is 12.4 Å². The quantitative estimate of drug-likeness (QED) is 0.578. The second-order valence-electron chi connectivity index (χ2n) is 3.31. The SMILES string of the molecule is CSc1cc(N2CCC(O)C2)ncn1. The monoisotopic (exact) mass is 211 g/mol. The third kappa shape index (κ3) is 1.99. The molecule has 1 aliphatic rings. The van der Waals surface area contributed by atoms with E-state index in [9.17, 15) is 5.11 Å². The molecule has 0 amide bonds. The Bertz CT molecular complexity index is 321. The third-order valence-corrected chi connectivity index (χ3v) is 2.97. The topological polar surface area (TPSA) is 49.2 Å². The van der Waals surface area contributed by atoms with Crippen molar-refractivity contribution in [2.75, 3.05) is 24.2 Å². The van der Waals surface area contributed by atoms with Crippen molar-refractivity contribution in [2.45, 2.75) is 17.6 Å². The summed E-state index contributed by atoms with van der Waals surface area (Å²) in [5.41, 5.74) is 0. The lowest BCUT2D eigenvalue weighted by Crippen LogP contribution is -2.22. The van der Waals surface area contributed by atoms with Gasteiger partial charge >= 0.3 is 0 Å². The molecule has 1 saturated heterocycles. The van der Waals surface area contributed by atoms with E-state index < -0.39 is 0 Å². The second-order valence-corrected chi connectivity index (χ2v) is 4.13. The minimum atomic E-state index is -0.206. The summed E-state index contributed by atoms with van der Waals surface area (Å²) in [5.74, 6) is 0.918. The molecule has 4 nitrogen and oxygen atoms in total. The Morgan fingerprint density at radius 1 is 1.57 bits per heavy atom. The van der Waals surface area contributed by atoms with E-state index in [2.05, 4.69) is 14.9 Å². The van der Waals surface area contributed by atoms with Gasteiger partial charge in [-0.25, -0.2) is 9.97 Å². The molecule has 0 bridgehead atoms. The van der Waals surface area contributed by atoms with Gasteiger partial charge in [-0.15, -0.1) is 11.8 Å². The van der Waals surface area contributed by atoms with Gasteiger partial charge in [0.25, 0.3) is 0 Å². The smallest absolute Gasteiger partial charge is 0.133 e. The van der Waals surface area contributed by atoms with E-state index in [1.54, 1.807) is 18.1 Å². The van der Waals surface area contributed by atoms with Crippen molar-refractivity contribution in [1.82, 2.24) is 9.97 Å². The van der Waals surface area contributed by atoms with Crippen LogP contribution in [0.15, 0.2) is 17.4 Å². The normalized spacial score (nSPS) is 21.6. The highest BCUT2D eigenvalue weighted by molar-refractivity contribution is 7.98. The first-order valence-electron chi connectivity index (χ1n) is 4.58. The lowest BCUT2D eigenvalue weighted by molar-refractivity contribution is 0.198. The zero-order valence-electron chi connectivity index (χ0n) is 8.05. The average Bonchev–Trinajstić information content (AvgIpc) is 2.65. The Hall–Kier alpha value is -0.810. The Balaban J connectivity index is 2.15. The summed E-state index contributed by atoms with van der Waals surface area (Å²) in [6.45, 7) is 1.57. The van der Waals surface area contributed by atoms with Crippen LogP contribution in [0.2, 0.25) is 0 Å². The van der Waals surface area contributed by atoms with Crippen molar-refractivity contribution < 1.29 is 5.11 Å². The number of aromatic nitrogens is 2. The van der Waals surface area contributed by atoms with Gasteiger partial charge in [0.05, 0.1) is 6.10 Å². The van der Waals surface area contributed by atoms with E-state index >= 15 is 0 Å². The fraction of sp³-hybridized carbons (Fsp3) is 0.556. The van der Waals surface area contributed by atoms with Gasteiger partial charge in [-0.2, -0.15) is 0 Å². The molecule has 5 heteroatoms. The van der Waals surface area contributed by atoms with Gasteiger partial charge in [0.1, 0.15) is 17.2 Å². The van der Waals surface area contributed by atoms with Crippen LogP contribution in [0.3, 0.4) is 0 Å². The number of anilines is 1. The summed E-state index contributed by atoms with van der Waals surface area (Å²) >= 11 is 1.60. The first kappa shape index (κ1) is 9.73. The van der Waals surface area contributed by atoms with Gasteiger partial charge in [-0.3, -0.25) is 0 Å². The molecule has 14 heavy (non-hydrogen) atoms. The maximum Gasteiger partial charge on any atom is 0.133 e. The molecule has 0 spiro atoms. The van der Waals surface area contributed by atoms with Crippen molar-refractivity contribution >= 4 is 17.6 Å². The molecule has 0 aliphatic carbocycles. The van der Waals surface area contributed by atoms with Crippen LogP contribution in [0.4, 0.5) is 5.82 Å². The van der Waals surface area contributed by atoms with E-state index in [1.165, 1.54) is 0 Å². The molecule has 0 radical (unpaired) electrons.